The van der Waals surface area contributed by atoms with E-state index in [9.17, 15) is 0 Å². The number of hydrogen-bond donors (Lipinski definition) is 0. The second-order valence-electron chi connectivity index (χ2n) is 3.11. The molecule has 0 radical (unpaired) electrons. The Labute approximate surface area is 89.1 Å². The van der Waals surface area contributed by atoms with Crippen molar-refractivity contribution in [2.75, 3.05) is 0 Å². The Morgan fingerprint density at radius 1 is 1.54 bits per heavy atom. The van der Waals surface area contributed by atoms with Crippen LogP contribution >= 0.6 is 23.2 Å². The normalized spacial score (nSPS) is 15.4. The van der Waals surface area contributed by atoms with Gasteiger partial charge in [0.25, 0.3) is 0 Å². The lowest BCUT2D eigenvalue weighted by molar-refractivity contribution is 0.674. The molecule has 13 heavy (non-hydrogen) atoms. The third kappa shape index (κ3) is 2.58. The van der Waals surface area contributed by atoms with Gasteiger partial charge >= 0.3 is 0 Å². The molecule has 1 heterocycles. The molecule has 1 nitrogen and oxygen atoms in total. The van der Waals surface area contributed by atoms with Crippen LogP contribution in [0.5, 0.6) is 0 Å². The first kappa shape index (κ1) is 10.8. The number of halogens is 2. The molecule has 2 atom stereocenters. The maximum atomic E-state index is 6.14. The molecule has 2 unspecified atom stereocenters. The van der Waals surface area contributed by atoms with Gasteiger partial charge in [-0.2, -0.15) is 0 Å². The molecule has 0 spiro atoms. The molecule has 72 valence electrons. The highest BCUT2D eigenvalue weighted by Crippen LogP contribution is 2.29. The van der Waals surface area contributed by atoms with Crippen molar-refractivity contribution in [2.45, 2.75) is 31.6 Å². The van der Waals surface area contributed by atoms with E-state index in [1.54, 1.807) is 12.4 Å². The molecule has 0 aliphatic heterocycles. The quantitative estimate of drug-likeness (QED) is 0.702. The van der Waals surface area contributed by atoms with Crippen molar-refractivity contribution < 1.29 is 0 Å². The number of pyridine rings is 1. The fourth-order valence-electron chi connectivity index (χ4n) is 1.30. The molecule has 0 fully saturated rings. The van der Waals surface area contributed by atoms with Crippen molar-refractivity contribution in [3.63, 3.8) is 0 Å². The van der Waals surface area contributed by atoms with E-state index >= 15 is 0 Å². The van der Waals surface area contributed by atoms with Crippen LogP contribution in [-0.4, -0.2) is 10.4 Å². The van der Waals surface area contributed by atoms with E-state index in [1.165, 1.54) is 0 Å². The van der Waals surface area contributed by atoms with Gasteiger partial charge in [0.2, 0.25) is 0 Å². The smallest absolute Gasteiger partial charge is 0.0624 e. The van der Waals surface area contributed by atoms with E-state index in [0.29, 0.717) is 5.02 Å². The van der Waals surface area contributed by atoms with E-state index in [-0.39, 0.29) is 11.3 Å². The van der Waals surface area contributed by atoms with Gasteiger partial charge in [-0.25, -0.2) is 0 Å². The summed E-state index contributed by atoms with van der Waals surface area (Å²) in [6.45, 7) is 4.16. The van der Waals surface area contributed by atoms with Gasteiger partial charge in [-0.15, -0.1) is 11.6 Å². The molecule has 1 rings (SSSR count). The lowest BCUT2D eigenvalue weighted by Crippen LogP contribution is -2.08. The Morgan fingerprint density at radius 3 is 2.77 bits per heavy atom. The summed E-state index contributed by atoms with van der Waals surface area (Å²) in [5.41, 5.74) is 1.08. The number of alkyl halides is 1. The van der Waals surface area contributed by atoms with Gasteiger partial charge in [-0.3, -0.25) is 4.98 Å². The van der Waals surface area contributed by atoms with Crippen LogP contribution in [0.1, 0.15) is 31.7 Å². The van der Waals surface area contributed by atoms with E-state index in [0.717, 1.165) is 12.0 Å². The SMILES string of the molecule is CCC(Cl)C(C)c1ccncc1Cl. The van der Waals surface area contributed by atoms with Crippen molar-refractivity contribution >= 4 is 23.2 Å². The Bertz CT molecular complexity index is 275. The summed E-state index contributed by atoms with van der Waals surface area (Å²) in [4.78, 5) is 3.94. The molecule has 0 aliphatic carbocycles. The zero-order valence-corrected chi connectivity index (χ0v) is 9.31. The van der Waals surface area contributed by atoms with Gasteiger partial charge in [0.05, 0.1) is 5.02 Å². The first-order valence-electron chi connectivity index (χ1n) is 4.40. The van der Waals surface area contributed by atoms with Crippen LogP contribution in [0.15, 0.2) is 18.5 Å². The molecular formula is C10H13Cl2N. The van der Waals surface area contributed by atoms with Crippen molar-refractivity contribution in [2.24, 2.45) is 0 Å². The Balaban J connectivity index is 2.88. The number of hydrogen-bond acceptors (Lipinski definition) is 1. The lowest BCUT2D eigenvalue weighted by atomic mass is 9.97. The maximum Gasteiger partial charge on any atom is 0.0624 e. The number of rotatable bonds is 3. The fourth-order valence-corrected chi connectivity index (χ4v) is 1.73. The van der Waals surface area contributed by atoms with Gasteiger partial charge in [-0.1, -0.05) is 25.4 Å². The van der Waals surface area contributed by atoms with Crippen LogP contribution in [0.25, 0.3) is 0 Å². The van der Waals surface area contributed by atoms with Gasteiger partial charge in [-0.05, 0) is 24.0 Å². The standard InChI is InChI=1S/C10H13Cl2N/c1-3-9(11)7(2)8-4-5-13-6-10(8)12/h4-7,9H,3H2,1-2H3. The summed E-state index contributed by atoms with van der Waals surface area (Å²) in [6, 6.07) is 1.93. The highest BCUT2D eigenvalue weighted by Gasteiger charge is 2.16. The van der Waals surface area contributed by atoms with Gasteiger partial charge in [0, 0.05) is 17.8 Å². The molecule has 3 heteroatoms. The zero-order chi connectivity index (χ0) is 9.84. The van der Waals surface area contributed by atoms with Gasteiger partial charge in [0.15, 0.2) is 0 Å². The van der Waals surface area contributed by atoms with Crippen molar-refractivity contribution in [1.29, 1.82) is 0 Å². The minimum absolute atomic E-state index is 0.139. The second-order valence-corrected chi connectivity index (χ2v) is 4.08. The lowest BCUT2D eigenvalue weighted by Gasteiger charge is -2.17. The van der Waals surface area contributed by atoms with Crippen molar-refractivity contribution in [3.8, 4) is 0 Å². The van der Waals surface area contributed by atoms with Crippen LogP contribution in [0.2, 0.25) is 5.02 Å². The zero-order valence-electron chi connectivity index (χ0n) is 7.80. The Kier molecular flexibility index (Phi) is 4.01. The predicted molar refractivity (Wildman–Crippen MR) is 57.6 cm³/mol. The summed E-state index contributed by atoms with van der Waals surface area (Å²) >= 11 is 12.1. The van der Waals surface area contributed by atoms with Crippen LogP contribution in [0.4, 0.5) is 0 Å². The van der Waals surface area contributed by atoms with Crippen LogP contribution in [0.3, 0.4) is 0 Å². The van der Waals surface area contributed by atoms with Crippen LogP contribution < -0.4 is 0 Å². The van der Waals surface area contributed by atoms with Crippen molar-refractivity contribution in [1.82, 2.24) is 4.98 Å². The van der Waals surface area contributed by atoms with E-state index < -0.39 is 0 Å². The first-order chi connectivity index (χ1) is 6.16. The average molecular weight is 218 g/mol. The third-order valence-electron chi connectivity index (χ3n) is 2.23. The first-order valence-corrected chi connectivity index (χ1v) is 5.21. The topological polar surface area (TPSA) is 12.9 Å². The predicted octanol–water partition coefficient (Wildman–Crippen LogP) is 3.86. The Morgan fingerprint density at radius 2 is 2.23 bits per heavy atom. The summed E-state index contributed by atoms with van der Waals surface area (Å²) in [5.74, 6) is 0.280. The number of aromatic nitrogens is 1. The molecule has 0 aromatic carbocycles. The molecule has 0 N–H and O–H groups in total. The van der Waals surface area contributed by atoms with E-state index in [1.807, 2.05) is 6.07 Å². The van der Waals surface area contributed by atoms with E-state index in [2.05, 4.69) is 18.8 Å². The molecule has 0 saturated carbocycles. The highest BCUT2D eigenvalue weighted by molar-refractivity contribution is 6.31. The average Bonchev–Trinajstić information content (AvgIpc) is 2.16. The van der Waals surface area contributed by atoms with E-state index in [4.69, 9.17) is 23.2 Å². The molecule has 0 aliphatic rings. The van der Waals surface area contributed by atoms with Crippen molar-refractivity contribution in [3.05, 3.63) is 29.0 Å². The third-order valence-corrected chi connectivity index (χ3v) is 3.23. The fraction of sp³-hybridized carbons (Fsp3) is 0.500. The van der Waals surface area contributed by atoms with Gasteiger partial charge in [0.1, 0.15) is 0 Å². The summed E-state index contributed by atoms with van der Waals surface area (Å²) in [7, 11) is 0. The molecule has 0 bridgehead atoms. The maximum absolute atomic E-state index is 6.14. The molecule has 1 aromatic heterocycles. The molecular weight excluding hydrogens is 205 g/mol. The number of nitrogens with zero attached hydrogens (tertiary/aromatic N) is 1. The van der Waals surface area contributed by atoms with Gasteiger partial charge < -0.3 is 0 Å². The minimum atomic E-state index is 0.139. The van der Waals surface area contributed by atoms with Crippen LogP contribution in [0, 0.1) is 0 Å². The molecule has 1 aromatic rings. The molecule has 0 amide bonds. The summed E-state index contributed by atoms with van der Waals surface area (Å²) < 4.78 is 0. The highest BCUT2D eigenvalue weighted by atomic mass is 35.5. The second kappa shape index (κ2) is 4.83. The summed E-state index contributed by atoms with van der Waals surface area (Å²) in [6.07, 6.45) is 4.35. The Hall–Kier alpha value is -0.270. The molecule has 0 saturated heterocycles. The minimum Gasteiger partial charge on any atom is -0.263 e. The monoisotopic (exact) mass is 217 g/mol. The summed E-state index contributed by atoms with van der Waals surface area (Å²) in [5, 5.41) is 0.842. The van der Waals surface area contributed by atoms with Crippen LogP contribution in [-0.2, 0) is 0 Å². The largest absolute Gasteiger partial charge is 0.263 e.